The van der Waals surface area contributed by atoms with Crippen LogP contribution in [0.2, 0.25) is 0 Å². The number of hydrogen-bond acceptors (Lipinski definition) is 4. The first kappa shape index (κ1) is 18.9. The van der Waals surface area contributed by atoms with E-state index in [0.29, 0.717) is 5.69 Å². The quantitative estimate of drug-likeness (QED) is 0.768. The second kappa shape index (κ2) is 7.82. The third-order valence-electron chi connectivity index (χ3n) is 4.50. The fourth-order valence-electron chi connectivity index (χ4n) is 3.15. The Hall–Kier alpha value is -2.83. The van der Waals surface area contributed by atoms with Crippen molar-refractivity contribution in [2.75, 3.05) is 11.5 Å². The molecule has 27 heavy (non-hydrogen) atoms. The molecule has 1 atom stereocenters. The number of para-hydroxylation sites is 1. The highest BCUT2D eigenvalue weighted by molar-refractivity contribution is 6.39. The lowest BCUT2D eigenvalue weighted by Gasteiger charge is -2.16. The molecule has 0 bridgehead atoms. The van der Waals surface area contributed by atoms with Crippen LogP contribution in [0.4, 0.5) is 5.69 Å². The van der Waals surface area contributed by atoms with Crippen LogP contribution < -0.4 is 9.16 Å². The van der Waals surface area contributed by atoms with Crippen LogP contribution in [0.3, 0.4) is 0 Å². The van der Waals surface area contributed by atoms with Crippen LogP contribution in [0, 0.1) is 0 Å². The van der Waals surface area contributed by atoms with Gasteiger partial charge in [0.05, 0.1) is 24.5 Å². The highest BCUT2D eigenvalue weighted by Crippen LogP contribution is 2.33. The lowest BCUT2D eigenvalue weighted by Crippen LogP contribution is -2.24. The Kier molecular flexibility index (Phi) is 5.48. The van der Waals surface area contributed by atoms with Gasteiger partial charge in [0, 0.05) is 22.9 Å². The molecule has 2 N–H and O–H groups in total. The number of carboxylic acid groups (broad SMARTS) is 1. The molecule has 0 aromatic heterocycles. The van der Waals surface area contributed by atoms with Crippen molar-refractivity contribution in [3.05, 3.63) is 59.7 Å². The summed E-state index contributed by atoms with van der Waals surface area (Å²) < 4.78 is 6.23. The first-order chi connectivity index (χ1) is 12.9. The zero-order chi connectivity index (χ0) is 19.6. The molecule has 140 valence electrons. The predicted molar refractivity (Wildman–Crippen MR) is 102 cm³/mol. The van der Waals surface area contributed by atoms with Crippen molar-refractivity contribution in [2.45, 2.75) is 18.9 Å². The summed E-state index contributed by atoms with van der Waals surface area (Å²) in [5.74, 6) is -1.23. The van der Waals surface area contributed by atoms with Gasteiger partial charge in [-0.1, -0.05) is 30.3 Å². The van der Waals surface area contributed by atoms with Gasteiger partial charge in [0.25, 0.3) is 5.91 Å². The zero-order valence-electron chi connectivity index (χ0n) is 14.6. The zero-order valence-corrected chi connectivity index (χ0v) is 15.3. The second-order valence-corrected chi connectivity index (χ2v) is 6.42. The number of aliphatic hydroxyl groups excluding tert-OH is 1. The van der Waals surface area contributed by atoms with Crippen LogP contribution in [-0.4, -0.2) is 35.3 Å². The van der Waals surface area contributed by atoms with Crippen LogP contribution in [-0.2, 0) is 9.59 Å². The Morgan fingerprint density at radius 2 is 1.81 bits per heavy atom. The van der Waals surface area contributed by atoms with Gasteiger partial charge in [-0.25, -0.2) is 9.21 Å². The molecule has 0 fully saturated rings. The van der Waals surface area contributed by atoms with Gasteiger partial charge < -0.3 is 14.9 Å². The molecule has 1 aliphatic rings. The van der Waals surface area contributed by atoms with Crippen molar-refractivity contribution in [1.29, 1.82) is 0 Å². The molecule has 6 nitrogen and oxygen atoms in total. The van der Waals surface area contributed by atoms with Crippen LogP contribution in [0.25, 0.3) is 11.1 Å². The smallest absolute Gasteiger partial charge is 0.334 e. The average molecular weight is 388 g/mol. The summed E-state index contributed by atoms with van der Waals surface area (Å²) in [6.45, 7) is 0. The van der Waals surface area contributed by atoms with E-state index in [4.69, 9.17) is 16.5 Å². The standard InChI is InChI=1S/C20H18ClNO5/c1-27-17-5-3-2-4-14(17)12-6-8-13(9-7-12)22(21)19(24)15-10-11-16(23)18(15)20(25)26/h2-9,16,23H,10-11H2,1H3,(H,25,26). The van der Waals surface area contributed by atoms with Crippen LogP contribution in [0.15, 0.2) is 59.7 Å². The lowest BCUT2D eigenvalue weighted by atomic mass is 10.0. The number of anilines is 1. The normalized spacial score (nSPS) is 16.3. The number of ether oxygens (including phenoxy) is 1. The number of nitrogens with zero attached hydrogens (tertiary/aromatic N) is 1. The van der Waals surface area contributed by atoms with E-state index in [1.165, 1.54) is 0 Å². The Bertz CT molecular complexity index is 907. The first-order valence-electron chi connectivity index (χ1n) is 8.32. The Morgan fingerprint density at radius 1 is 1.15 bits per heavy atom. The Morgan fingerprint density at radius 3 is 2.44 bits per heavy atom. The van der Waals surface area contributed by atoms with Crippen LogP contribution in [0.5, 0.6) is 5.75 Å². The molecule has 0 aliphatic heterocycles. The fraction of sp³-hybridized carbons (Fsp3) is 0.200. The first-order valence-corrected chi connectivity index (χ1v) is 8.66. The number of benzene rings is 2. The molecule has 1 unspecified atom stereocenters. The summed E-state index contributed by atoms with van der Waals surface area (Å²) >= 11 is 6.16. The van der Waals surface area contributed by atoms with Crippen molar-refractivity contribution in [3.8, 4) is 16.9 Å². The Balaban J connectivity index is 1.87. The number of carboxylic acids is 1. The molecule has 0 radical (unpaired) electrons. The SMILES string of the molecule is COc1ccccc1-c1ccc(N(Cl)C(=O)C2=C(C(=O)O)C(O)CC2)cc1. The number of aliphatic hydroxyl groups is 1. The monoisotopic (exact) mass is 387 g/mol. The minimum absolute atomic E-state index is 0.0267. The van der Waals surface area contributed by atoms with E-state index >= 15 is 0 Å². The molecule has 0 spiro atoms. The minimum Gasteiger partial charge on any atom is -0.496 e. The number of halogens is 1. The maximum Gasteiger partial charge on any atom is 0.334 e. The van der Waals surface area contributed by atoms with E-state index < -0.39 is 18.0 Å². The van der Waals surface area contributed by atoms with Gasteiger partial charge in [-0.2, -0.15) is 0 Å². The van der Waals surface area contributed by atoms with Crippen LogP contribution in [0.1, 0.15) is 12.8 Å². The predicted octanol–water partition coefficient (Wildman–Crippen LogP) is 3.38. The summed E-state index contributed by atoms with van der Waals surface area (Å²) in [6, 6.07) is 14.5. The maximum atomic E-state index is 12.6. The molecule has 2 aromatic rings. The summed E-state index contributed by atoms with van der Waals surface area (Å²) in [5, 5.41) is 19.0. The van der Waals surface area contributed by atoms with E-state index in [1.807, 2.05) is 24.3 Å². The van der Waals surface area contributed by atoms with E-state index in [9.17, 15) is 19.8 Å². The molecule has 7 heteroatoms. The maximum absolute atomic E-state index is 12.6. The van der Waals surface area contributed by atoms with Crippen molar-refractivity contribution in [1.82, 2.24) is 0 Å². The molecular formula is C20H18ClNO5. The van der Waals surface area contributed by atoms with E-state index in [1.54, 1.807) is 31.4 Å². The van der Waals surface area contributed by atoms with Gasteiger partial charge in [-0.3, -0.25) is 4.79 Å². The number of carbonyl (C=O) groups excluding carboxylic acids is 1. The fourth-order valence-corrected chi connectivity index (χ4v) is 3.36. The molecular weight excluding hydrogens is 370 g/mol. The molecule has 1 aliphatic carbocycles. The highest BCUT2D eigenvalue weighted by atomic mass is 35.5. The van der Waals surface area contributed by atoms with Gasteiger partial charge in [0.2, 0.25) is 0 Å². The third-order valence-corrected chi connectivity index (χ3v) is 4.85. The van der Waals surface area contributed by atoms with Crippen LogP contribution >= 0.6 is 11.8 Å². The topological polar surface area (TPSA) is 87.1 Å². The average Bonchev–Trinajstić information content (AvgIpc) is 3.08. The second-order valence-electron chi connectivity index (χ2n) is 6.08. The van der Waals surface area contributed by atoms with Gasteiger partial charge >= 0.3 is 5.97 Å². The molecule has 1 amide bonds. The number of methoxy groups -OCH3 is 1. The van der Waals surface area contributed by atoms with Gasteiger partial charge in [0.1, 0.15) is 5.75 Å². The molecule has 0 heterocycles. The highest BCUT2D eigenvalue weighted by Gasteiger charge is 2.34. The Labute approximate surface area is 161 Å². The largest absolute Gasteiger partial charge is 0.496 e. The van der Waals surface area contributed by atoms with E-state index in [-0.39, 0.29) is 24.0 Å². The number of rotatable bonds is 5. The number of hydrogen-bond donors (Lipinski definition) is 2. The minimum atomic E-state index is -1.31. The van der Waals surface area contributed by atoms with Gasteiger partial charge in [0.15, 0.2) is 0 Å². The van der Waals surface area contributed by atoms with Crippen molar-refractivity contribution >= 4 is 29.3 Å². The summed E-state index contributed by atoms with van der Waals surface area (Å²) in [5.41, 5.74) is 1.93. The summed E-state index contributed by atoms with van der Waals surface area (Å²) in [6.07, 6.45) is -0.788. The third kappa shape index (κ3) is 3.67. The number of amides is 1. The molecule has 3 rings (SSSR count). The van der Waals surface area contributed by atoms with Gasteiger partial charge in [-0.05, 0) is 36.6 Å². The summed E-state index contributed by atoms with van der Waals surface area (Å²) in [4.78, 5) is 23.9. The van der Waals surface area contributed by atoms with E-state index in [2.05, 4.69) is 0 Å². The number of aliphatic carboxylic acids is 1. The summed E-state index contributed by atoms with van der Waals surface area (Å²) in [7, 11) is 1.59. The lowest BCUT2D eigenvalue weighted by molar-refractivity contribution is -0.134. The van der Waals surface area contributed by atoms with Gasteiger partial charge in [-0.15, -0.1) is 0 Å². The van der Waals surface area contributed by atoms with Crippen molar-refractivity contribution in [3.63, 3.8) is 0 Å². The molecule has 0 saturated heterocycles. The van der Waals surface area contributed by atoms with Crippen molar-refractivity contribution in [2.24, 2.45) is 0 Å². The number of carbonyl (C=O) groups is 2. The van der Waals surface area contributed by atoms with Crippen molar-refractivity contribution < 1.29 is 24.5 Å². The molecule has 0 saturated carbocycles. The molecule has 2 aromatic carbocycles. The van der Waals surface area contributed by atoms with E-state index in [0.717, 1.165) is 21.3 Å².